The zero-order valence-electron chi connectivity index (χ0n) is 12.4. The van der Waals surface area contributed by atoms with Crippen LogP contribution in [0.3, 0.4) is 0 Å². The van der Waals surface area contributed by atoms with Crippen molar-refractivity contribution >= 4 is 10.0 Å². The first-order valence-corrected chi connectivity index (χ1v) is 7.93. The molecule has 1 aromatic rings. The second kappa shape index (κ2) is 6.40. The normalized spacial score (nSPS) is 11.8. The number of aryl methyl sites for hydroxylation is 1. The number of nitrogens with two attached hydrogens (primary N) is 1. The van der Waals surface area contributed by atoms with E-state index in [9.17, 15) is 8.42 Å². The summed E-state index contributed by atoms with van der Waals surface area (Å²) in [4.78, 5) is 0.269. The lowest BCUT2D eigenvalue weighted by Crippen LogP contribution is -2.32. The van der Waals surface area contributed by atoms with Crippen LogP contribution >= 0.6 is 0 Å². The van der Waals surface area contributed by atoms with Gasteiger partial charge in [0.05, 0.1) is 11.4 Å². The van der Waals surface area contributed by atoms with Crippen LogP contribution in [-0.2, 0) is 10.0 Å². The Morgan fingerprint density at radius 2 is 1.95 bits per heavy atom. The third-order valence-corrected chi connectivity index (χ3v) is 4.15. The van der Waals surface area contributed by atoms with Crippen molar-refractivity contribution in [1.82, 2.24) is 4.72 Å². The molecule has 1 aromatic carbocycles. The monoisotopic (exact) mass is 294 g/mol. The minimum absolute atomic E-state index is 0.113. The minimum Gasteiger partial charge on any atom is -0.320 e. The van der Waals surface area contributed by atoms with E-state index < -0.39 is 10.0 Å². The van der Waals surface area contributed by atoms with Crippen molar-refractivity contribution in [2.45, 2.75) is 32.6 Å². The Morgan fingerprint density at radius 3 is 2.50 bits per heavy atom. The number of sulfonamides is 1. The van der Waals surface area contributed by atoms with Crippen molar-refractivity contribution in [3.8, 4) is 11.8 Å². The summed E-state index contributed by atoms with van der Waals surface area (Å²) in [5.74, 6) is 5.57. The topological polar surface area (TPSA) is 72.2 Å². The molecule has 4 nitrogen and oxygen atoms in total. The van der Waals surface area contributed by atoms with Gasteiger partial charge in [0.25, 0.3) is 0 Å². The van der Waals surface area contributed by atoms with Crippen LogP contribution in [0, 0.1) is 24.2 Å². The van der Waals surface area contributed by atoms with Crippen LogP contribution in [0.1, 0.15) is 31.9 Å². The molecule has 110 valence electrons. The van der Waals surface area contributed by atoms with Gasteiger partial charge in [-0.2, -0.15) is 0 Å². The predicted octanol–water partition coefficient (Wildman–Crippen LogP) is 1.63. The summed E-state index contributed by atoms with van der Waals surface area (Å²) in [6.07, 6.45) is 0. The minimum atomic E-state index is -3.52. The molecule has 20 heavy (non-hydrogen) atoms. The Balaban J connectivity index is 3.11. The van der Waals surface area contributed by atoms with Gasteiger partial charge in [-0.25, -0.2) is 13.1 Å². The van der Waals surface area contributed by atoms with E-state index in [1.165, 1.54) is 0 Å². The van der Waals surface area contributed by atoms with E-state index in [2.05, 4.69) is 16.6 Å². The fourth-order valence-electron chi connectivity index (χ4n) is 1.51. The first-order valence-electron chi connectivity index (χ1n) is 6.45. The van der Waals surface area contributed by atoms with Gasteiger partial charge >= 0.3 is 0 Å². The Labute approximate surface area is 121 Å². The second-order valence-corrected chi connectivity index (χ2v) is 7.61. The van der Waals surface area contributed by atoms with E-state index in [1.807, 2.05) is 20.8 Å². The molecule has 0 heterocycles. The SMILES string of the molecule is Cc1ccc(C#CCN)cc1S(=O)(=O)NCC(C)(C)C. The summed E-state index contributed by atoms with van der Waals surface area (Å²) >= 11 is 0. The van der Waals surface area contributed by atoms with Crippen LogP contribution in [0.25, 0.3) is 0 Å². The van der Waals surface area contributed by atoms with Crippen LogP contribution in [0.2, 0.25) is 0 Å². The first-order chi connectivity index (χ1) is 9.15. The third-order valence-electron chi connectivity index (χ3n) is 2.60. The van der Waals surface area contributed by atoms with Gasteiger partial charge in [0, 0.05) is 12.1 Å². The Bertz CT molecular complexity index is 632. The standard InChI is InChI=1S/C15H22N2O2S/c1-12-7-8-13(6-5-9-16)10-14(12)20(18,19)17-11-15(2,3)4/h7-8,10,17H,9,11,16H2,1-4H3. The number of nitrogens with one attached hydrogen (secondary N) is 1. The molecule has 0 saturated carbocycles. The molecular formula is C15H22N2O2S. The van der Waals surface area contributed by atoms with E-state index >= 15 is 0 Å². The fraction of sp³-hybridized carbons (Fsp3) is 0.467. The van der Waals surface area contributed by atoms with Crippen LogP contribution in [-0.4, -0.2) is 21.5 Å². The number of rotatable bonds is 3. The first kappa shape index (κ1) is 16.7. The molecular weight excluding hydrogens is 272 g/mol. The van der Waals surface area contributed by atoms with Crippen LogP contribution < -0.4 is 10.5 Å². The summed E-state index contributed by atoms with van der Waals surface area (Å²) in [6, 6.07) is 5.13. The number of benzene rings is 1. The highest BCUT2D eigenvalue weighted by molar-refractivity contribution is 7.89. The summed E-state index contributed by atoms with van der Waals surface area (Å²) in [5.41, 5.74) is 6.56. The molecule has 0 unspecified atom stereocenters. The lowest BCUT2D eigenvalue weighted by Gasteiger charge is -2.19. The maximum atomic E-state index is 12.3. The zero-order valence-corrected chi connectivity index (χ0v) is 13.3. The van der Waals surface area contributed by atoms with Crippen molar-refractivity contribution in [3.63, 3.8) is 0 Å². The van der Waals surface area contributed by atoms with Crippen LogP contribution in [0.5, 0.6) is 0 Å². The Hall–Kier alpha value is -1.35. The van der Waals surface area contributed by atoms with E-state index in [0.717, 1.165) is 0 Å². The Kier molecular flexibility index (Phi) is 5.35. The van der Waals surface area contributed by atoms with Crippen LogP contribution in [0.15, 0.2) is 23.1 Å². The lowest BCUT2D eigenvalue weighted by molar-refractivity contribution is 0.407. The van der Waals surface area contributed by atoms with Gasteiger partial charge in [-0.05, 0) is 30.0 Å². The molecule has 5 heteroatoms. The molecule has 0 amide bonds. The predicted molar refractivity (Wildman–Crippen MR) is 81.8 cm³/mol. The maximum Gasteiger partial charge on any atom is 0.240 e. The molecule has 0 aromatic heterocycles. The fourth-order valence-corrected chi connectivity index (χ4v) is 3.06. The van der Waals surface area contributed by atoms with Crippen molar-refractivity contribution in [2.75, 3.05) is 13.1 Å². The van der Waals surface area contributed by atoms with Gasteiger partial charge in [0.1, 0.15) is 0 Å². The van der Waals surface area contributed by atoms with E-state index in [4.69, 9.17) is 5.73 Å². The van der Waals surface area contributed by atoms with Gasteiger partial charge in [0.15, 0.2) is 0 Å². The molecule has 0 fully saturated rings. The molecule has 0 aliphatic carbocycles. The number of hydrogen-bond donors (Lipinski definition) is 2. The average molecular weight is 294 g/mol. The maximum absolute atomic E-state index is 12.3. The highest BCUT2D eigenvalue weighted by Crippen LogP contribution is 2.18. The Morgan fingerprint density at radius 1 is 1.30 bits per heavy atom. The molecule has 1 rings (SSSR count). The van der Waals surface area contributed by atoms with E-state index in [1.54, 1.807) is 25.1 Å². The van der Waals surface area contributed by atoms with Gasteiger partial charge in [-0.15, -0.1) is 0 Å². The lowest BCUT2D eigenvalue weighted by atomic mass is 9.98. The summed E-state index contributed by atoms with van der Waals surface area (Å²) in [7, 11) is -3.52. The van der Waals surface area contributed by atoms with Crippen molar-refractivity contribution in [3.05, 3.63) is 29.3 Å². The largest absolute Gasteiger partial charge is 0.320 e. The molecule has 0 spiro atoms. The van der Waals surface area contributed by atoms with Gasteiger partial charge in [-0.3, -0.25) is 0 Å². The molecule has 0 saturated heterocycles. The van der Waals surface area contributed by atoms with Crippen LogP contribution in [0.4, 0.5) is 0 Å². The third kappa shape index (κ3) is 4.97. The summed E-state index contributed by atoms with van der Waals surface area (Å²) in [6.45, 7) is 8.33. The summed E-state index contributed by atoms with van der Waals surface area (Å²) in [5, 5.41) is 0. The molecule has 3 N–H and O–H groups in total. The molecule has 0 bridgehead atoms. The smallest absolute Gasteiger partial charge is 0.240 e. The van der Waals surface area contributed by atoms with E-state index in [-0.39, 0.29) is 16.9 Å². The van der Waals surface area contributed by atoms with Gasteiger partial charge in [0.2, 0.25) is 10.0 Å². The highest BCUT2D eigenvalue weighted by atomic mass is 32.2. The van der Waals surface area contributed by atoms with Crippen molar-refractivity contribution in [2.24, 2.45) is 11.1 Å². The molecule has 0 atom stereocenters. The average Bonchev–Trinajstić information content (AvgIpc) is 2.34. The number of hydrogen-bond acceptors (Lipinski definition) is 3. The van der Waals surface area contributed by atoms with Gasteiger partial charge < -0.3 is 5.73 Å². The van der Waals surface area contributed by atoms with Crippen molar-refractivity contribution in [1.29, 1.82) is 0 Å². The van der Waals surface area contributed by atoms with Gasteiger partial charge in [-0.1, -0.05) is 38.7 Å². The molecule has 0 radical (unpaired) electrons. The second-order valence-electron chi connectivity index (χ2n) is 5.87. The molecule has 0 aliphatic heterocycles. The zero-order chi connectivity index (χ0) is 15.4. The quantitative estimate of drug-likeness (QED) is 0.832. The molecule has 0 aliphatic rings. The van der Waals surface area contributed by atoms with E-state index in [0.29, 0.717) is 17.7 Å². The summed E-state index contributed by atoms with van der Waals surface area (Å²) < 4.78 is 27.3. The van der Waals surface area contributed by atoms with Crippen molar-refractivity contribution < 1.29 is 8.42 Å². The highest BCUT2D eigenvalue weighted by Gasteiger charge is 2.20.